The van der Waals surface area contributed by atoms with Gasteiger partial charge in [-0.05, 0) is 12.1 Å². The van der Waals surface area contributed by atoms with Crippen LogP contribution < -0.4 is 0 Å². The van der Waals surface area contributed by atoms with Crippen molar-refractivity contribution in [2.24, 2.45) is 0 Å². The van der Waals surface area contributed by atoms with Gasteiger partial charge < -0.3 is 4.42 Å². The molecule has 0 atom stereocenters. The van der Waals surface area contributed by atoms with E-state index in [1.807, 2.05) is 12.1 Å². The zero-order valence-corrected chi connectivity index (χ0v) is 5.07. The molecule has 0 saturated carbocycles. The van der Waals surface area contributed by atoms with E-state index in [9.17, 15) is 0 Å². The highest BCUT2D eigenvalue weighted by molar-refractivity contribution is 7.78. The summed E-state index contributed by atoms with van der Waals surface area (Å²) in [6, 6.07) is 3.71. The third kappa shape index (κ3) is 1.17. The number of hydrogen-bond acceptors (Lipinski definition) is 2. The van der Waals surface area contributed by atoms with Crippen LogP contribution in [0, 0.1) is 0 Å². The molecule has 0 fully saturated rings. The first-order valence-electron chi connectivity index (χ1n) is 2.31. The lowest BCUT2D eigenvalue weighted by atomic mass is 10.4. The van der Waals surface area contributed by atoms with Crippen molar-refractivity contribution in [1.82, 2.24) is 0 Å². The van der Waals surface area contributed by atoms with Gasteiger partial charge >= 0.3 is 0 Å². The number of hydrogen-bond donors (Lipinski definition) is 0. The molecule has 1 rings (SSSR count). The molecule has 0 aliphatic rings. The van der Waals surface area contributed by atoms with Gasteiger partial charge in [0.1, 0.15) is 5.76 Å². The summed E-state index contributed by atoms with van der Waals surface area (Å²) in [4.78, 5) is 0. The van der Waals surface area contributed by atoms with Crippen LogP contribution in [-0.2, 0) is 6.42 Å². The third-order valence-corrected chi connectivity index (χ3v) is 0.971. The fourth-order valence-electron chi connectivity index (χ4n) is 0.484. The Labute approximate surface area is 53.3 Å². The Morgan fingerprint density at radius 1 is 1.75 bits per heavy atom. The molecule has 1 aromatic rings. The van der Waals surface area contributed by atoms with E-state index in [0.29, 0.717) is 6.42 Å². The molecular weight excluding hydrogens is 120 g/mol. The lowest BCUT2D eigenvalue weighted by Crippen LogP contribution is -1.75. The second-order valence-electron chi connectivity index (χ2n) is 1.40. The minimum atomic E-state index is 0.627. The van der Waals surface area contributed by atoms with Gasteiger partial charge in [-0.25, -0.2) is 0 Å². The minimum absolute atomic E-state index is 0.627. The van der Waals surface area contributed by atoms with Crippen LogP contribution in [0.3, 0.4) is 0 Å². The van der Waals surface area contributed by atoms with E-state index in [1.54, 1.807) is 6.26 Å². The molecule has 0 spiro atoms. The van der Waals surface area contributed by atoms with Crippen LogP contribution in [0.1, 0.15) is 5.76 Å². The first-order valence-corrected chi connectivity index (χ1v) is 2.71. The number of furan rings is 1. The zero-order chi connectivity index (χ0) is 5.82. The Morgan fingerprint density at radius 3 is 3.12 bits per heavy atom. The van der Waals surface area contributed by atoms with Crippen molar-refractivity contribution in [2.45, 2.75) is 6.42 Å². The maximum absolute atomic E-state index is 4.94. The third-order valence-electron chi connectivity index (χ3n) is 0.827. The van der Waals surface area contributed by atoms with Crippen molar-refractivity contribution in [3.8, 4) is 0 Å². The summed E-state index contributed by atoms with van der Waals surface area (Å²) in [5.41, 5.74) is 0. The zero-order valence-electron chi connectivity index (χ0n) is 4.26. The average Bonchev–Trinajstić information content (AvgIpc) is 2.19. The summed E-state index contributed by atoms with van der Waals surface area (Å²) in [6.07, 6.45) is 2.25. The van der Waals surface area contributed by atoms with E-state index < -0.39 is 0 Å². The maximum atomic E-state index is 4.94. The summed E-state index contributed by atoms with van der Waals surface area (Å²) in [7, 11) is 0. The molecule has 1 aromatic heterocycles. The molecule has 0 aliphatic carbocycles. The highest BCUT2D eigenvalue weighted by atomic mass is 32.1. The molecule has 0 amide bonds. The Kier molecular flexibility index (Phi) is 1.80. The molecule has 0 saturated heterocycles. The van der Waals surface area contributed by atoms with Gasteiger partial charge in [0.15, 0.2) is 0 Å². The van der Waals surface area contributed by atoms with Crippen LogP contribution >= 0.6 is 12.2 Å². The SMILES string of the molecule is S=[C]Cc1ccco1. The number of rotatable bonds is 2. The molecule has 1 heterocycles. The van der Waals surface area contributed by atoms with Gasteiger partial charge in [0.05, 0.1) is 6.26 Å². The summed E-state index contributed by atoms with van der Waals surface area (Å²) in [6.45, 7) is 0. The van der Waals surface area contributed by atoms with Crippen LogP contribution in [0.2, 0.25) is 0 Å². The highest BCUT2D eigenvalue weighted by Gasteiger charge is 1.88. The summed E-state index contributed by atoms with van der Waals surface area (Å²) in [5.74, 6) is 0.875. The molecule has 0 bridgehead atoms. The molecule has 2 heteroatoms. The van der Waals surface area contributed by atoms with Gasteiger partial charge in [0.25, 0.3) is 0 Å². The predicted octanol–water partition coefficient (Wildman–Crippen LogP) is 1.70. The monoisotopic (exact) mass is 125 g/mol. The second-order valence-corrected chi connectivity index (χ2v) is 1.69. The van der Waals surface area contributed by atoms with E-state index in [-0.39, 0.29) is 0 Å². The smallest absolute Gasteiger partial charge is 0.109 e. The fourth-order valence-corrected chi connectivity index (χ4v) is 0.627. The summed E-state index contributed by atoms with van der Waals surface area (Å²) >= 11 is 4.49. The summed E-state index contributed by atoms with van der Waals surface area (Å²) in [5, 5.41) is 2.56. The fraction of sp³-hybridized carbons (Fsp3) is 0.167. The van der Waals surface area contributed by atoms with E-state index in [2.05, 4.69) is 17.6 Å². The van der Waals surface area contributed by atoms with Crippen LogP contribution in [0.5, 0.6) is 0 Å². The number of thiocarbonyl (C=S) groups is 1. The first kappa shape index (κ1) is 5.51. The standard InChI is InChI=1S/C6H5OS/c8-5-3-6-2-1-4-7-6/h1-2,4H,3H2. The molecule has 0 unspecified atom stereocenters. The Balaban J connectivity index is 2.62. The first-order chi connectivity index (χ1) is 3.93. The van der Waals surface area contributed by atoms with Crippen LogP contribution in [0.15, 0.2) is 22.8 Å². The van der Waals surface area contributed by atoms with E-state index >= 15 is 0 Å². The Bertz CT molecular complexity index is 155. The van der Waals surface area contributed by atoms with Gasteiger partial charge in [-0.1, -0.05) is 12.2 Å². The molecular formula is C6H5OS. The van der Waals surface area contributed by atoms with Gasteiger partial charge in [-0.2, -0.15) is 0 Å². The molecule has 0 aromatic carbocycles. The van der Waals surface area contributed by atoms with Gasteiger partial charge in [0, 0.05) is 11.8 Å². The lowest BCUT2D eigenvalue weighted by molar-refractivity contribution is 0.528. The van der Waals surface area contributed by atoms with Crippen LogP contribution in [0.25, 0.3) is 0 Å². The molecule has 41 valence electrons. The van der Waals surface area contributed by atoms with Gasteiger partial charge in [0.2, 0.25) is 0 Å². The molecule has 0 aliphatic heterocycles. The van der Waals surface area contributed by atoms with E-state index in [0.717, 1.165) is 5.76 Å². The highest BCUT2D eigenvalue weighted by Crippen LogP contribution is 1.98. The normalized spacial score (nSPS) is 9.00. The van der Waals surface area contributed by atoms with Gasteiger partial charge in [-0.3, -0.25) is 0 Å². The lowest BCUT2D eigenvalue weighted by Gasteiger charge is -1.80. The molecule has 8 heavy (non-hydrogen) atoms. The van der Waals surface area contributed by atoms with E-state index in [4.69, 9.17) is 4.42 Å². The average molecular weight is 125 g/mol. The minimum Gasteiger partial charge on any atom is -0.469 e. The molecule has 0 N–H and O–H groups in total. The second kappa shape index (κ2) is 2.62. The van der Waals surface area contributed by atoms with Crippen molar-refractivity contribution in [3.05, 3.63) is 24.2 Å². The van der Waals surface area contributed by atoms with Crippen LogP contribution in [0.4, 0.5) is 0 Å². The summed E-state index contributed by atoms with van der Waals surface area (Å²) < 4.78 is 4.94. The van der Waals surface area contributed by atoms with Crippen molar-refractivity contribution in [3.63, 3.8) is 0 Å². The Hall–Kier alpha value is -0.630. The van der Waals surface area contributed by atoms with Gasteiger partial charge in [-0.15, -0.1) is 0 Å². The van der Waals surface area contributed by atoms with Crippen molar-refractivity contribution < 1.29 is 4.42 Å². The van der Waals surface area contributed by atoms with Crippen molar-refractivity contribution >= 4 is 17.6 Å². The largest absolute Gasteiger partial charge is 0.469 e. The van der Waals surface area contributed by atoms with Crippen molar-refractivity contribution in [1.29, 1.82) is 0 Å². The molecule has 1 nitrogen and oxygen atoms in total. The quantitative estimate of drug-likeness (QED) is 0.558. The Morgan fingerprint density at radius 2 is 2.62 bits per heavy atom. The topological polar surface area (TPSA) is 13.1 Å². The van der Waals surface area contributed by atoms with E-state index in [1.165, 1.54) is 0 Å². The molecule has 1 radical (unpaired) electrons. The van der Waals surface area contributed by atoms with Crippen molar-refractivity contribution in [2.75, 3.05) is 0 Å². The maximum Gasteiger partial charge on any atom is 0.109 e. The van der Waals surface area contributed by atoms with Crippen LogP contribution in [-0.4, -0.2) is 5.37 Å². The predicted molar refractivity (Wildman–Crippen MR) is 35.0 cm³/mol.